The topological polar surface area (TPSA) is 53.0 Å². The minimum absolute atomic E-state index is 0.0246. The number of likely N-dealkylation sites (N-methyl/N-ethyl adjacent to an activating group) is 1. The van der Waals surface area contributed by atoms with Gasteiger partial charge in [0.25, 0.3) is 0 Å². The van der Waals surface area contributed by atoms with Gasteiger partial charge < -0.3 is 10.6 Å². The Kier molecular flexibility index (Phi) is 4.62. The Labute approximate surface area is 126 Å². The fraction of sp³-hybridized carbons (Fsp3) is 0.278. The molecule has 0 aliphatic heterocycles. The molecule has 3 heteroatoms. The summed E-state index contributed by atoms with van der Waals surface area (Å²) in [6.07, 6.45) is 0. The summed E-state index contributed by atoms with van der Waals surface area (Å²) in [5, 5.41) is 9.05. The van der Waals surface area contributed by atoms with Gasteiger partial charge in [-0.25, -0.2) is 0 Å². The molecule has 3 nitrogen and oxygen atoms in total. The van der Waals surface area contributed by atoms with E-state index in [4.69, 9.17) is 11.0 Å². The predicted molar refractivity (Wildman–Crippen MR) is 87.1 cm³/mol. The number of nitrogens with zero attached hydrogens (tertiary/aromatic N) is 2. The van der Waals surface area contributed by atoms with Gasteiger partial charge in [-0.15, -0.1) is 0 Å². The van der Waals surface area contributed by atoms with Crippen molar-refractivity contribution in [3.8, 4) is 6.07 Å². The zero-order chi connectivity index (χ0) is 15.4. The third kappa shape index (κ3) is 3.42. The Bertz CT molecular complexity index is 638. The van der Waals surface area contributed by atoms with Crippen LogP contribution in [0.2, 0.25) is 0 Å². The first-order chi connectivity index (χ1) is 10.0. The molecule has 0 bridgehead atoms. The van der Waals surface area contributed by atoms with Crippen LogP contribution in [0.1, 0.15) is 29.7 Å². The second-order valence-electron chi connectivity index (χ2n) is 5.49. The fourth-order valence-electron chi connectivity index (χ4n) is 2.60. The van der Waals surface area contributed by atoms with Crippen molar-refractivity contribution in [1.29, 1.82) is 5.26 Å². The van der Waals surface area contributed by atoms with E-state index < -0.39 is 0 Å². The molecule has 0 saturated heterocycles. The maximum atomic E-state index is 9.05. The van der Waals surface area contributed by atoms with Gasteiger partial charge in [-0.2, -0.15) is 5.26 Å². The molecular formula is C18H21N3. The molecule has 0 radical (unpaired) electrons. The van der Waals surface area contributed by atoms with Gasteiger partial charge in [0, 0.05) is 18.8 Å². The number of hydrogen-bond donors (Lipinski definition) is 1. The monoisotopic (exact) mass is 279 g/mol. The van der Waals surface area contributed by atoms with Crippen molar-refractivity contribution in [2.24, 2.45) is 5.73 Å². The van der Waals surface area contributed by atoms with Crippen LogP contribution in [-0.4, -0.2) is 13.1 Å². The molecule has 108 valence electrons. The Hall–Kier alpha value is -2.31. The lowest BCUT2D eigenvalue weighted by molar-refractivity contribution is 0.558. The number of rotatable bonds is 4. The Morgan fingerprint density at radius 3 is 2.38 bits per heavy atom. The molecule has 2 N–H and O–H groups in total. The van der Waals surface area contributed by atoms with Gasteiger partial charge in [-0.1, -0.05) is 35.9 Å². The van der Waals surface area contributed by atoms with E-state index in [1.54, 1.807) is 0 Å². The van der Waals surface area contributed by atoms with E-state index >= 15 is 0 Å². The molecule has 0 fully saturated rings. The van der Waals surface area contributed by atoms with Crippen molar-refractivity contribution in [3.63, 3.8) is 0 Å². The normalized spacial score (nSPS) is 13.3. The van der Waals surface area contributed by atoms with Crippen LogP contribution in [0.25, 0.3) is 0 Å². The molecule has 0 aromatic heterocycles. The number of aryl methyl sites for hydroxylation is 1. The molecule has 21 heavy (non-hydrogen) atoms. The molecule has 0 aliphatic carbocycles. The van der Waals surface area contributed by atoms with Gasteiger partial charge in [0.05, 0.1) is 17.7 Å². The summed E-state index contributed by atoms with van der Waals surface area (Å²) in [4.78, 5) is 2.14. The average Bonchev–Trinajstić information content (AvgIpc) is 2.49. The maximum absolute atomic E-state index is 9.05. The van der Waals surface area contributed by atoms with E-state index in [0.29, 0.717) is 5.56 Å². The van der Waals surface area contributed by atoms with Crippen LogP contribution >= 0.6 is 0 Å². The van der Waals surface area contributed by atoms with Crippen LogP contribution in [0.15, 0.2) is 48.5 Å². The average molecular weight is 279 g/mol. The molecular weight excluding hydrogens is 258 g/mol. The number of hydrogen-bond acceptors (Lipinski definition) is 3. The smallest absolute Gasteiger partial charge is 0.0992 e. The van der Waals surface area contributed by atoms with E-state index in [-0.39, 0.29) is 12.1 Å². The van der Waals surface area contributed by atoms with E-state index in [1.807, 2.05) is 38.2 Å². The van der Waals surface area contributed by atoms with Gasteiger partial charge in [0.1, 0.15) is 0 Å². The summed E-state index contributed by atoms with van der Waals surface area (Å²) >= 11 is 0. The second kappa shape index (κ2) is 6.43. The zero-order valence-corrected chi connectivity index (χ0v) is 12.7. The first kappa shape index (κ1) is 15.1. The minimum Gasteiger partial charge on any atom is -0.366 e. The molecule has 2 rings (SSSR count). The van der Waals surface area contributed by atoms with Crippen molar-refractivity contribution >= 4 is 5.69 Å². The Morgan fingerprint density at radius 1 is 1.14 bits per heavy atom. The van der Waals surface area contributed by atoms with Gasteiger partial charge in [0.15, 0.2) is 0 Å². The molecule has 2 aromatic carbocycles. The second-order valence-corrected chi connectivity index (χ2v) is 5.49. The van der Waals surface area contributed by atoms with Crippen LogP contribution in [0.5, 0.6) is 0 Å². The highest BCUT2D eigenvalue weighted by molar-refractivity contribution is 5.53. The third-order valence-electron chi connectivity index (χ3n) is 3.72. The van der Waals surface area contributed by atoms with Gasteiger partial charge >= 0.3 is 0 Å². The summed E-state index contributed by atoms with van der Waals surface area (Å²) in [5.41, 5.74) is 10.3. The predicted octanol–water partition coefficient (Wildman–Crippen LogP) is 3.39. The number of nitriles is 1. The van der Waals surface area contributed by atoms with Crippen LogP contribution in [0.4, 0.5) is 5.69 Å². The maximum Gasteiger partial charge on any atom is 0.0992 e. The standard InChI is InChI=1S/C18H21N3/c1-13-7-9-16(10-8-13)18(14(2)20)21(3)17-6-4-5-15(11-17)12-19/h4-11,14,18H,20H2,1-3H3. The van der Waals surface area contributed by atoms with Gasteiger partial charge in [-0.05, 0) is 37.6 Å². The van der Waals surface area contributed by atoms with Crippen molar-refractivity contribution in [1.82, 2.24) is 0 Å². The Morgan fingerprint density at radius 2 is 1.81 bits per heavy atom. The first-order valence-electron chi connectivity index (χ1n) is 7.08. The number of anilines is 1. The van der Waals surface area contributed by atoms with Crippen LogP contribution in [-0.2, 0) is 0 Å². The third-order valence-corrected chi connectivity index (χ3v) is 3.72. The van der Waals surface area contributed by atoms with Gasteiger partial charge in [-0.3, -0.25) is 0 Å². The first-order valence-corrected chi connectivity index (χ1v) is 7.08. The highest BCUT2D eigenvalue weighted by Gasteiger charge is 2.21. The molecule has 2 unspecified atom stereocenters. The summed E-state index contributed by atoms with van der Waals surface area (Å²) in [6, 6.07) is 18.3. The molecule has 2 aromatic rings. The summed E-state index contributed by atoms with van der Waals surface area (Å²) < 4.78 is 0. The lowest BCUT2D eigenvalue weighted by atomic mass is 9.98. The van der Waals surface area contributed by atoms with Crippen molar-refractivity contribution < 1.29 is 0 Å². The van der Waals surface area contributed by atoms with E-state index in [0.717, 1.165) is 5.69 Å². The molecule has 0 saturated carbocycles. The number of benzene rings is 2. The Balaban J connectivity index is 2.37. The van der Waals surface area contributed by atoms with Crippen LogP contribution in [0, 0.1) is 18.3 Å². The zero-order valence-electron chi connectivity index (χ0n) is 12.7. The highest BCUT2D eigenvalue weighted by atomic mass is 15.1. The van der Waals surface area contributed by atoms with Crippen LogP contribution in [0.3, 0.4) is 0 Å². The molecule has 0 spiro atoms. The summed E-state index contributed by atoms with van der Waals surface area (Å²) in [6.45, 7) is 4.08. The summed E-state index contributed by atoms with van der Waals surface area (Å²) in [5.74, 6) is 0. The van der Waals surface area contributed by atoms with Crippen LogP contribution < -0.4 is 10.6 Å². The highest BCUT2D eigenvalue weighted by Crippen LogP contribution is 2.28. The molecule has 2 atom stereocenters. The molecule has 0 heterocycles. The van der Waals surface area contributed by atoms with E-state index in [1.165, 1.54) is 11.1 Å². The SMILES string of the molecule is Cc1ccc(C(C(C)N)N(C)c2cccc(C#N)c2)cc1. The number of nitrogens with two attached hydrogens (primary N) is 1. The minimum atomic E-state index is -0.0246. The fourth-order valence-corrected chi connectivity index (χ4v) is 2.60. The van der Waals surface area contributed by atoms with E-state index in [9.17, 15) is 0 Å². The van der Waals surface area contributed by atoms with Crippen molar-refractivity contribution in [2.75, 3.05) is 11.9 Å². The summed E-state index contributed by atoms with van der Waals surface area (Å²) in [7, 11) is 2.02. The quantitative estimate of drug-likeness (QED) is 0.933. The lowest BCUT2D eigenvalue weighted by Gasteiger charge is -2.33. The largest absolute Gasteiger partial charge is 0.366 e. The van der Waals surface area contributed by atoms with Gasteiger partial charge in [0.2, 0.25) is 0 Å². The van der Waals surface area contributed by atoms with E-state index in [2.05, 4.69) is 42.2 Å². The molecule has 0 aliphatic rings. The van der Waals surface area contributed by atoms with Crippen molar-refractivity contribution in [3.05, 3.63) is 65.2 Å². The van der Waals surface area contributed by atoms with Crippen molar-refractivity contribution in [2.45, 2.75) is 25.9 Å². The molecule has 0 amide bonds. The lowest BCUT2D eigenvalue weighted by Crippen LogP contribution is -2.37.